The van der Waals surface area contributed by atoms with E-state index < -0.39 is 0 Å². The van der Waals surface area contributed by atoms with Crippen molar-refractivity contribution < 1.29 is 4.79 Å². The maximum atomic E-state index is 12.9. The summed E-state index contributed by atoms with van der Waals surface area (Å²) in [6.07, 6.45) is 5.00. The predicted molar refractivity (Wildman–Crippen MR) is 101 cm³/mol. The third kappa shape index (κ3) is 3.23. The molecule has 1 atom stereocenters. The first-order chi connectivity index (χ1) is 12.6. The molecule has 1 aliphatic rings. The van der Waals surface area contributed by atoms with Crippen molar-refractivity contribution in [1.29, 1.82) is 0 Å². The molecule has 3 aromatic rings. The van der Waals surface area contributed by atoms with E-state index in [0.717, 1.165) is 60.2 Å². The Morgan fingerprint density at radius 2 is 2.04 bits per heavy atom. The van der Waals surface area contributed by atoms with Gasteiger partial charge in [-0.3, -0.25) is 9.89 Å². The molecule has 4 rings (SSSR count). The maximum Gasteiger partial charge on any atom is 0.272 e. The molecule has 136 valence electrons. The van der Waals surface area contributed by atoms with Crippen molar-refractivity contribution in [3.05, 3.63) is 47.0 Å². The van der Waals surface area contributed by atoms with E-state index >= 15 is 0 Å². The normalized spacial score (nSPS) is 15.2. The van der Waals surface area contributed by atoms with E-state index in [9.17, 15) is 4.79 Å². The zero-order valence-electron chi connectivity index (χ0n) is 15.3. The number of hydrogen-bond acceptors (Lipinski definition) is 3. The topological polar surface area (TPSA) is 86.5 Å². The second-order valence-electron chi connectivity index (χ2n) is 7.53. The van der Waals surface area contributed by atoms with Gasteiger partial charge in [-0.1, -0.05) is 26.0 Å². The lowest BCUT2D eigenvalue weighted by molar-refractivity contribution is 0.0924. The smallest absolute Gasteiger partial charge is 0.272 e. The number of rotatable bonds is 5. The van der Waals surface area contributed by atoms with Crippen LogP contribution in [0, 0.1) is 5.92 Å². The molecule has 1 unspecified atom stereocenters. The van der Waals surface area contributed by atoms with Crippen molar-refractivity contribution >= 4 is 16.9 Å². The van der Waals surface area contributed by atoms with Crippen LogP contribution in [0.25, 0.3) is 11.0 Å². The molecule has 6 heteroatoms. The lowest BCUT2D eigenvalue weighted by Gasteiger charge is -2.19. The van der Waals surface area contributed by atoms with E-state index in [2.05, 4.69) is 39.3 Å². The number of aromatic nitrogens is 4. The van der Waals surface area contributed by atoms with Crippen LogP contribution in [0.15, 0.2) is 24.3 Å². The molecule has 0 radical (unpaired) electrons. The number of nitrogens with one attached hydrogen (secondary N) is 3. The van der Waals surface area contributed by atoms with E-state index in [4.69, 9.17) is 0 Å². The van der Waals surface area contributed by atoms with Crippen molar-refractivity contribution in [3.8, 4) is 0 Å². The average molecular weight is 351 g/mol. The number of H-pyrrole nitrogens is 2. The first-order valence-corrected chi connectivity index (χ1v) is 9.43. The van der Waals surface area contributed by atoms with Crippen LogP contribution >= 0.6 is 0 Å². The lowest BCUT2D eigenvalue weighted by atomic mass is 9.95. The fourth-order valence-electron chi connectivity index (χ4n) is 3.74. The minimum absolute atomic E-state index is 0.115. The van der Waals surface area contributed by atoms with Crippen LogP contribution in [-0.2, 0) is 12.8 Å². The second-order valence-corrected chi connectivity index (χ2v) is 7.53. The summed E-state index contributed by atoms with van der Waals surface area (Å²) in [7, 11) is 0. The minimum Gasteiger partial charge on any atom is -0.341 e. The van der Waals surface area contributed by atoms with Gasteiger partial charge < -0.3 is 10.3 Å². The third-order valence-corrected chi connectivity index (χ3v) is 5.02. The Kier molecular flexibility index (Phi) is 4.49. The number of carbonyl (C=O) groups excluding carboxylic acids is 1. The highest BCUT2D eigenvalue weighted by Gasteiger charge is 2.25. The fourth-order valence-corrected chi connectivity index (χ4v) is 3.74. The number of benzene rings is 1. The van der Waals surface area contributed by atoms with Gasteiger partial charge >= 0.3 is 0 Å². The summed E-state index contributed by atoms with van der Waals surface area (Å²) in [6, 6.07) is 7.78. The number of nitrogens with zero attached hydrogens (tertiary/aromatic N) is 2. The van der Waals surface area contributed by atoms with Gasteiger partial charge in [0.15, 0.2) is 5.69 Å². The molecule has 0 fully saturated rings. The van der Waals surface area contributed by atoms with Gasteiger partial charge in [0, 0.05) is 11.3 Å². The molecule has 0 aliphatic heterocycles. The van der Waals surface area contributed by atoms with Gasteiger partial charge in [0.1, 0.15) is 5.82 Å². The number of amides is 1. The first kappa shape index (κ1) is 16.8. The Bertz CT molecular complexity index is 890. The second kappa shape index (κ2) is 6.94. The van der Waals surface area contributed by atoms with Crippen molar-refractivity contribution in [1.82, 2.24) is 25.5 Å². The zero-order valence-corrected chi connectivity index (χ0v) is 15.3. The summed E-state index contributed by atoms with van der Waals surface area (Å²) in [5, 5.41) is 10.5. The summed E-state index contributed by atoms with van der Waals surface area (Å²) >= 11 is 0. The number of para-hydroxylation sites is 2. The Morgan fingerprint density at radius 3 is 2.85 bits per heavy atom. The van der Waals surface area contributed by atoms with E-state index in [1.807, 2.05) is 24.3 Å². The van der Waals surface area contributed by atoms with Gasteiger partial charge in [-0.05, 0) is 50.2 Å². The molecule has 0 bridgehead atoms. The SMILES string of the molecule is CC(C)CC(NC(=O)c1n[nH]c2c1CCCC2)c1nc2ccccc2[nH]1. The third-order valence-electron chi connectivity index (χ3n) is 5.02. The van der Waals surface area contributed by atoms with Crippen LogP contribution < -0.4 is 5.32 Å². The van der Waals surface area contributed by atoms with E-state index in [0.29, 0.717) is 11.6 Å². The highest BCUT2D eigenvalue weighted by molar-refractivity contribution is 5.94. The van der Waals surface area contributed by atoms with Gasteiger partial charge in [-0.15, -0.1) is 0 Å². The van der Waals surface area contributed by atoms with Crippen molar-refractivity contribution in [3.63, 3.8) is 0 Å². The van der Waals surface area contributed by atoms with Crippen molar-refractivity contribution in [2.75, 3.05) is 0 Å². The molecular formula is C20H25N5O. The van der Waals surface area contributed by atoms with E-state index in [1.165, 1.54) is 0 Å². The highest BCUT2D eigenvalue weighted by Crippen LogP contribution is 2.25. The molecule has 3 N–H and O–H groups in total. The number of carbonyl (C=O) groups is 1. The maximum absolute atomic E-state index is 12.9. The van der Waals surface area contributed by atoms with Crippen LogP contribution in [0.5, 0.6) is 0 Å². The van der Waals surface area contributed by atoms with Crippen LogP contribution in [-0.4, -0.2) is 26.1 Å². The van der Waals surface area contributed by atoms with Gasteiger partial charge in [-0.25, -0.2) is 4.98 Å². The first-order valence-electron chi connectivity index (χ1n) is 9.43. The Hall–Kier alpha value is -2.63. The summed E-state index contributed by atoms with van der Waals surface area (Å²) in [4.78, 5) is 21.0. The molecule has 2 heterocycles. The standard InChI is InChI=1S/C20H25N5O/c1-12(2)11-17(19-21-15-9-5-6-10-16(15)22-19)23-20(26)18-13-7-3-4-8-14(13)24-25-18/h5-6,9-10,12,17H,3-4,7-8,11H2,1-2H3,(H,21,22)(H,23,26)(H,24,25). The molecular weight excluding hydrogens is 326 g/mol. The van der Waals surface area contributed by atoms with Crippen LogP contribution in [0.3, 0.4) is 0 Å². The number of imidazole rings is 1. The molecule has 26 heavy (non-hydrogen) atoms. The van der Waals surface area contributed by atoms with Gasteiger partial charge in [-0.2, -0.15) is 5.10 Å². The zero-order chi connectivity index (χ0) is 18.1. The lowest BCUT2D eigenvalue weighted by Crippen LogP contribution is -2.31. The Balaban J connectivity index is 1.60. The van der Waals surface area contributed by atoms with Crippen molar-refractivity contribution in [2.45, 2.75) is 52.0 Å². The molecule has 2 aromatic heterocycles. The molecule has 1 amide bonds. The predicted octanol–water partition coefficient (Wildman–Crippen LogP) is 3.68. The molecule has 1 aliphatic carbocycles. The minimum atomic E-state index is -0.161. The van der Waals surface area contributed by atoms with Gasteiger partial charge in [0.05, 0.1) is 17.1 Å². The molecule has 1 aromatic carbocycles. The van der Waals surface area contributed by atoms with E-state index in [1.54, 1.807) is 0 Å². The summed E-state index contributed by atoms with van der Waals surface area (Å²) < 4.78 is 0. The molecule has 6 nitrogen and oxygen atoms in total. The Labute approximate surface area is 152 Å². The van der Waals surface area contributed by atoms with Crippen LogP contribution in [0.1, 0.15) is 66.7 Å². The number of hydrogen-bond donors (Lipinski definition) is 3. The van der Waals surface area contributed by atoms with E-state index in [-0.39, 0.29) is 11.9 Å². The molecule has 0 saturated heterocycles. The van der Waals surface area contributed by atoms with Gasteiger partial charge in [0.2, 0.25) is 0 Å². The number of fused-ring (bicyclic) bond motifs is 2. The Morgan fingerprint density at radius 1 is 1.23 bits per heavy atom. The van der Waals surface area contributed by atoms with Crippen LogP contribution in [0.2, 0.25) is 0 Å². The monoisotopic (exact) mass is 351 g/mol. The highest BCUT2D eigenvalue weighted by atomic mass is 16.2. The summed E-state index contributed by atoms with van der Waals surface area (Å²) in [5.41, 5.74) is 4.65. The number of aromatic amines is 2. The number of aryl methyl sites for hydroxylation is 1. The van der Waals surface area contributed by atoms with Gasteiger partial charge in [0.25, 0.3) is 5.91 Å². The van der Waals surface area contributed by atoms with Crippen LogP contribution in [0.4, 0.5) is 0 Å². The molecule has 0 spiro atoms. The summed E-state index contributed by atoms with van der Waals surface area (Å²) in [5.74, 6) is 1.12. The van der Waals surface area contributed by atoms with Crippen molar-refractivity contribution in [2.24, 2.45) is 5.92 Å². The summed E-state index contributed by atoms with van der Waals surface area (Å²) in [6.45, 7) is 4.30. The quantitative estimate of drug-likeness (QED) is 0.655. The average Bonchev–Trinajstić information content (AvgIpc) is 3.25. The molecule has 0 saturated carbocycles. The fraction of sp³-hybridized carbons (Fsp3) is 0.450. The largest absolute Gasteiger partial charge is 0.341 e.